The van der Waals surface area contributed by atoms with Crippen LogP contribution in [0.5, 0.6) is 5.75 Å². The van der Waals surface area contributed by atoms with Crippen molar-refractivity contribution in [2.45, 2.75) is 27.0 Å². The largest absolute Gasteiger partial charge is 0.489 e. The fraction of sp³-hybridized carbons (Fsp3) is 0.200. The molecule has 2 N–H and O–H groups in total. The zero-order chi connectivity index (χ0) is 21.3. The quantitative estimate of drug-likeness (QED) is 0.600. The number of benzene rings is 3. The normalized spacial score (nSPS) is 10.3. The minimum Gasteiger partial charge on any atom is -0.489 e. The van der Waals surface area contributed by atoms with E-state index >= 15 is 0 Å². The average Bonchev–Trinajstić information content (AvgIpc) is 2.75. The van der Waals surface area contributed by atoms with E-state index in [0.717, 1.165) is 28.0 Å². The van der Waals surface area contributed by atoms with Crippen LogP contribution in [0.25, 0.3) is 0 Å². The van der Waals surface area contributed by atoms with E-state index < -0.39 is 0 Å². The predicted octanol–water partition coefficient (Wildman–Crippen LogP) is 3.93. The van der Waals surface area contributed by atoms with E-state index in [-0.39, 0.29) is 18.4 Å². The molecule has 3 aromatic carbocycles. The molecule has 30 heavy (non-hydrogen) atoms. The lowest BCUT2D eigenvalue weighted by atomic mass is 10.1. The molecule has 154 valence electrons. The van der Waals surface area contributed by atoms with Gasteiger partial charge in [-0.3, -0.25) is 9.59 Å². The summed E-state index contributed by atoms with van der Waals surface area (Å²) in [6.07, 6.45) is 0. The van der Waals surface area contributed by atoms with Crippen LogP contribution in [0.1, 0.15) is 32.6 Å². The molecule has 0 saturated heterocycles. The van der Waals surface area contributed by atoms with Gasteiger partial charge < -0.3 is 15.4 Å². The van der Waals surface area contributed by atoms with Gasteiger partial charge in [-0.25, -0.2) is 0 Å². The molecule has 0 bridgehead atoms. The minimum atomic E-state index is -0.256. The molecular weight excluding hydrogens is 376 g/mol. The number of hydrogen-bond acceptors (Lipinski definition) is 3. The van der Waals surface area contributed by atoms with E-state index in [1.165, 1.54) is 0 Å². The van der Waals surface area contributed by atoms with Crippen molar-refractivity contribution in [3.8, 4) is 5.75 Å². The van der Waals surface area contributed by atoms with Gasteiger partial charge in [0.2, 0.25) is 5.91 Å². The number of amides is 2. The van der Waals surface area contributed by atoms with Crippen molar-refractivity contribution in [2.75, 3.05) is 6.54 Å². The van der Waals surface area contributed by atoms with Gasteiger partial charge in [0.25, 0.3) is 5.91 Å². The topological polar surface area (TPSA) is 67.4 Å². The Morgan fingerprint density at radius 3 is 2.23 bits per heavy atom. The summed E-state index contributed by atoms with van der Waals surface area (Å²) in [4.78, 5) is 24.4. The first-order valence-corrected chi connectivity index (χ1v) is 9.88. The molecule has 0 aliphatic rings. The highest BCUT2D eigenvalue weighted by molar-refractivity contribution is 5.96. The number of hydrogen-bond donors (Lipinski definition) is 2. The standard InChI is InChI=1S/C25H26N2O3/c1-18-11-19(2)13-22(12-18)25(29)27-16-24(28)26-15-21-9-6-10-23(14-21)30-17-20-7-4-3-5-8-20/h3-14H,15-17H2,1-2H3,(H,26,28)(H,27,29). The Bertz CT molecular complexity index is 996. The molecule has 0 fully saturated rings. The number of carbonyl (C=O) groups is 2. The van der Waals surface area contributed by atoms with E-state index in [1.807, 2.05) is 74.5 Å². The molecule has 2 amide bonds. The van der Waals surface area contributed by atoms with Crippen molar-refractivity contribution >= 4 is 11.8 Å². The van der Waals surface area contributed by atoms with Gasteiger partial charge in [-0.15, -0.1) is 0 Å². The van der Waals surface area contributed by atoms with Crippen LogP contribution in [0.3, 0.4) is 0 Å². The summed E-state index contributed by atoms with van der Waals surface area (Å²) in [6.45, 7) is 4.65. The first kappa shape index (κ1) is 21.1. The second-order valence-electron chi connectivity index (χ2n) is 7.26. The number of aryl methyl sites for hydroxylation is 2. The van der Waals surface area contributed by atoms with Crippen LogP contribution in [-0.2, 0) is 17.9 Å². The summed E-state index contributed by atoms with van der Waals surface area (Å²) in [6, 6.07) is 23.2. The fourth-order valence-corrected chi connectivity index (χ4v) is 3.12. The maximum atomic E-state index is 12.3. The SMILES string of the molecule is Cc1cc(C)cc(C(=O)NCC(=O)NCc2cccc(OCc3ccccc3)c2)c1. The summed E-state index contributed by atoms with van der Waals surface area (Å²) < 4.78 is 5.82. The molecule has 0 heterocycles. The Morgan fingerprint density at radius 1 is 0.800 bits per heavy atom. The number of carbonyl (C=O) groups excluding carboxylic acids is 2. The molecule has 0 unspecified atom stereocenters. The molecular formula is C25H26N2O3. The van der Waals surface area contributed by atoms with Crippen molar-refractivity contribution in [1.82, 2.24) is 10.6 Å². The monoisotopic (exact) mass is 402 g/mol. The van der Waals surface area contributed by atoms with E-state index in [9.17, 15) is 9.59 Å². The highest BCUT2D eigenvalue weighted by Gasteiger charge is 2.09. The third-order valence-corrected chi connectivity index (χ3v) is 4.53. The van der Waals surface area contributed by atoms with E-state index in [2.05, 4.69) is 10.6 Å². The van der Waals surface area contributed by atoms with Crippen LogP contribution in [0, 0.1) is 13.8 Å². The summed E-state index contributed by atoms with van der Waals surface area (Å²) in [5, 5.41) is 5.48. The van der Waals surface area contributed by atoms with Crippen LogP contribution in [0.4, 0.5) is 0 Å². The van der Waals surface area contributed by atoms with Gasteiger partial charge in [0.1, 0.15) is 12.4 Å². The summed E-state index contributed by atoms with van der Waals surface area (Å²) in [7, 11) is 0. The molecule has 5 heteroatoms. The van der Waals surface area contributed by atoms with Gasteiger partial charge in [0.15, 0.2) is 0 Å². The molecule has 3 rings (SSSR count). The van der Waals surface area contributed by atoms with Crippen molar-refractivity contribution in [2.24, 2.45) is 0 Å². The highest BCUT2D eigenvalue weighted by atomic mass is 16.5. The third-order valence-electron chi connectivity index (χ3n) is 4.53. The van der Waals surface area contributed by atoms with Crippen molar-refractivity contribution in [1.29, 1.82) is 0 Å². The van der Waals surface area contributed by atoms with Gasteiger partial charge in [-0.1, -0.05) is 59.7 Å². The van der Waals surface area contributed by atoms with Crippen LogP contribution < -0.4 is 15.4 Å². The number of nitrogens with one attached hydrogen (secondary N) is 2. The zero-order valence-corrected chi connectivity index (χ0v) is 17.3. The van der Waals surface area contributed by atoms with E-state index in [4.69, 9.17) is 4.74 Å². The third kappa shape index (κ3) is 6.48. The van der Waals surface area contributed by atoms with Crippen molar-refractivity contribution < 1.29 is 14.3 Å². The van der Waals surface area contributed by atoms with E-state index in [0.29, 0.717) is 18.7 Å². The lowest BCUT2D eigenvalue weighted by Crippen LogP contribution is -2.36. The predicted molar refractivity (Wildman–Crippen MR) is 117 cm³/mol. The smallest absolute Gasteiger partial charge is 0.251 e. The molecule has 0 saturated carbocycles. The fourth-order valence-electron chi connectivity index (χ4n) is 3.12. The average molecular weight is 402 g/mol. The van der Waals surface area contributed by atoms with Crippen LogP contribution >= 0.6 is 0 Å². The number of rotatable bonds is 8. The summed E-state index contributed by atoms with van der Waals surface area (Å²) in [5.74, 6) is 0.241. The molecule has 3 aromatic rings. The Hall–Kier alpha value is -3.60. The lowest BCUT2D eigenvalue weighted by molar-refractivity contribution is -0.120. The van der Waals surface area contributed by atoms with Crippen molar-refractivity contribution in [3.63, 3.8) is 0 Å². The van der Waals surface area contributed by atoms with Gasteiger partial charge >= 0.3 is 0 Å². The van der Waals surface area contributed by atoms with Gasteiger partial charge in [0.05, 0.1) is 6.54 Å². The summed E-state index contributed by atoms with van der Waals surface area (Å²) >= 11 is 0. The summed E-state index contributed by atoms with van der Waals surface area (Å²) in [5.41, 5.74) is 4.60. The van der Waals surface area contributed by atoms with Crippen LogP contribution in [0.2, 0.25) is 0 Å². The second kappa shape index (κ2) is 10.3. The highest BCUT2D eigenvalue weighted by Crippen LogP contribution is 2.15. The molecule has 0 aromatic heterocycles. The van der Waals surface area contributed by atoms with Crippen molar-refractivity contribution in [3.05, 3.63) is 101 Å². The second-order valence-corrected chi connectivity index (χ2v) is 7.26. The first-order valence-electron chi connectivity index (χ1n) is 9.88. The number of ether oxygens (including phenoxy) is 1. The Balaban J connectivity index is 1.45. The lowest BCUT2D eigenvalue weighted by Gasteiger charge is -2.10. The van der Waals surface area contributed by atoms with Gasteiger partial charge in [-0.2, -0.15) is 0 Å². The Labute approximate surface area is 177 Å². The first-order chi connectivity index (χ1) is 14.5. The molecule has 0 radical (unpaired) electrons. The maximum Gasteiger partial charge on any atom is 0.251 e. The Morgan fingerprint density at radius 2 is 1.50 bits per heavy atom. The zero-order valence-electron chi connectivity index (χ0n) is 17.3. The van der Waals surface area contributed by atoms with Crippen LogP contribution in [-0.4, -0.2) is 18.4 Å². The minimum absolute atomic E-state index is 0.0734. The molecule has 0 atom stereocenters. The van der Waals surface area contributed by atoms with Gasteiger partial charge in [0, 0.05) is 12.1 Å². The maximum absolute atomic E-state index is 12.3. The molecule has 0 aliphatic heterocycles. The van der Waals surface area contributed by atoms with E-state index in [1.54, 1.807) is 12.1 Å². The molecule has 5 nitrogen and oxygen atoms in total. The molecule has 0 spiro atoms. The van der Waals surface area contributed by atoms with Crippen LogP contribution in [0.15, 0.2) is 72.8 Å². The molecule has 0 aliphatic carbocycles. The van der Waals surface area contributed by atoms with Gasteiger partial charge in [-0.05, 0) is 49.2 Å². The Kier molecular flexibility index (Phi) is 7.22.